The predicted molar refractivity (Wildman–Crippen MR) is 88.0 cm³/mol. The van der Waals surface area contributed by atoms with Gasteiger partial charge in [-0.15, -0.1) is 0 Å². The molecular weight excluding hydrogens is 314 g/mol. The third-order valence-electron chi connectivity index (χ3n) is 2.88. The van der Waals surface area contributed by atoms with E-state index in [0.717, 1.165) is 0 Å². The van der Waals surface area contributed by atoms with Crippen LogP contribution in [-0.4, -0.2) is 23.3 Å². The minimum atomic E-state index is -0.515. The molecule has 0 radical (unpaired) electrons. The number of hydrogen-bond acceptors (Lipinski definition) is 5. The molecule has 0 aliphatic heterocycles. The number of nitro groups is 1. The van der Waals surface area contributed by atoms with E-state index in [0.29, 0.717) is 17.1 Å². The van der Waals surface area contributed by atoms with Crippen LogP contribution in [0.3, 0.4) is 0 Å². The topological polar surface area (TPSA) is 111 Å². The van der Waals surface area contributed by atoms with Gasteiger partial charge >= 0.3 is 0 Å². The van der Waals surface area contributed by atoms with Gasteiger partial charge in [-0.1, -0.05) is 6.07 Å². The molecule has 0 saturated heterocycles. The minimum absolute atomic E-state index is 0.0541. The highest BCUT2D eigenvalue weighted by molar-refractivity contribution is 5.94. The Balaban J connectivity index is 1.89. The molecule has 0 atom stereocenters. The van der Waals surface area contributed by atoms with E-state index in [1.807, 2.05) is 0 Å². The van der Waals surface area contributed by atoms with E-state index in [9.17, 15) is 19.7 Å². The summed E-state index contributed by atoms with van der Waals surface area (Å²) in [5.74, 6) is -0.254. The second-order valence-corrected chi connectivity index (χ2v) is 4.85. The number of nitro benzene ring substituents is 1. The molecule has 2 N–H and O–H groups in total. The van der Waals surface area contributed by atoms with Crippen LogP contribution in [0.1, 0.15) is 6.92 Å². The molecule has 0 fully saturated rings. The molecular formula is C16H15N3O5. The van der Waals surface area contributed by atoms with E-state index in [4.69, 9.17) is 4.74 Å². The number of carbonyl (C=O) groups excluding carboxylic acids is 2. The predicted octanol–water partition coefficient (Wildman–Crippen LogP) is 2.57. The molecule has 0 heterocycles. The summed E-state index contributed by atoms with van der Waals surface area (Å²) >= 11 is 0. The van der Waals surface area contributed by atoms with Crippen LogP contribution >= 0.6 is 0 Å². The fraction of sp³-hybridized carbons (Fsp3) is 0.125. The molecule has 0 saturated carbocycles. The molecule has 8 heteroatoms. The summed E-state index contributed by atoms with van der Waals surface area (Å²) in [6, 6.07) is 12.1. The van der Waals surface area contributed by atoms with Gasteiger partial charge in [0.05, 0.1) is 4.92 Å². The highest BCUT2D eigenvalue weighted by atomic mass is 16.6. The Bertz CT molecular complexity index is 759. The van der Waals surface area contributed by atoms with Crippen molar-refractivity contribution in [2.45, 2.75) is 6.92 Å². The van der Waals surface area contributed by atoms with Gasteiger partial charge in [0.2, 0.25) is 5.91 Å². The maximum absolute atomic E-state index is 11.9. The molecule has 0 spiro atoms. The van der Waals surface area contributed by atoms with Gasteiger partial charge in [0.1, 0.15) is 5.75 Å². The highest BCUT2D eigenvalue weighted by Gasteiger charge is 2.07. The van der Waals surface area contributed by atoms with Crippen LogP contribution in [0.5, 0.6) is 5.75 Å². The Labute approximate surface area is 137 Å². The number of rotatable bonds is 6. The van der Waals surface area contributed by atoms with Crippen molar-refractivity contribution in [3.05, 3.63) is 58.6 Å². The Morgan fingerprint density at radius 1 is 1.08 bits per heavy atom. The van der Waals surface area contributed by atoms with E-state index in [2.05, 4.69) is 10.6 Å². The van der Waals surface area contributed by atoms with Gasteiger partial charge in [0, 0.05) is 30.4 Å². The molecule has 0 aliphatic carbocycles. The van der Waals surface area contributed by atoms with Gasteiger partial charge < -0.3 is 15.4 Å². The van der Waals surface area contributed by atoms with Crippen LogP contribution in [0.4, 0.5) is 17.1 Å². The molecule has 24 heavy (non-hydrogen) atoms. The lowest BCUT2D eigenvalue weighted by atomic mass is 10.2. The van der Waals surface area contributed by atoms with Crippen molar-refractivity contribution < 1.29 is 19.2 Å². The summed E-state index contributed by atoms with van der Waals surface area (Å²) in [6.07, 6.45) is 0. The highest BCUT2D eigenvalue weighted by Crippen LogP contribution is 2.18. The molecule has 2 rings (SSSR count). The van der Waals surface area contributed by atoms with Crippen molar-refractivity contribution in [2.24, 2.45) is 0 Å². The maximum atomic E-state index is 11.9. The van der Waals surface area contributed by atoms with Gasteiger partial charge in [-0.3, -0.25) is 19.7 Å². The first kappa shape index (κ1) is 16.9. The van der Waals surface area contributed by atoms with E-state index in [1.165, 1.54) is 31.2 Å². The average molecular weight is 329 g/mol. The molecule has 0 aliphatic rings. The van der Waals surface area contributed by atoms with Gasteiger partial charge in [-0.25, -0.2) is 0 Å². The molecule has 0 aromatic heterocycles. The minimum Gasteiger partial charge on any atom is -0.484 e. The van der Waals surface area contributed by atoms with Gasteiger partial charge in [-0.2, -0.15) is 0 Å². The van der Waals surface area contributed by atoms with Gasteiger partial charge in [0.25, 0.3) is 11.6 Å². The lowest BCUT2D eigenvalue weighted by molar-refractivity contribution is -0.384. The lowest BCUT2D eigenvalue weighted by Crippen LogP contribution is -2.20. The van der Waals surface area contributed by atoms with Crippen molar-refractivity contribution in [1.82, 2.24) is 0 Å². The zero-order valence-corrected chi connectivity index (χ0v) is 12.8. The Morgan fingerprint density at radius 3 is 2.29 bits per heavy atom. The quantitative estimate of drug-likeness (QED) is 0.625. The normalized spacial score (nSPS) is 9.88. The van der Waals surface area contributed by atoms with Crippen LogP contribution in [0.25, 0.3) is 0 Å². The Hall–Kier alpha value is -3.42. The van der Waals surface area contributed by atoms with Crippen molar-refractivity contribution in [3.63, 3.8) is 0 Å². The number of non-ortho nitro benzene ring substituents is 1. The summed E-state index contributed by atoms with van der Waals surface area (Å²) in [6.45, 7) is 1.14. The largest absolute Gasteiger partial charge is 0.484 e. The van der Waals surface area contributed by atoms with E-state index < -0.39 is 10.8 Å². The van der Waals surface area contributed by atoms with Crippen LogP contribution in [0, 0.1) is 10.1 Å². The molecule has 2 aromatic carbocycles. The zero-order valence-electron chi connectivity index (χ0n) is 12.8. The number of amides is 2. The molecule has 124 valence electrons. The molecule has 8 nitrogen and oxygen atoms in total. The van der Waals surface area contributed by atoms with Crippen LogP contribution in [-0.2, 0) is 9.59 Å². The number of ether oxygens (including phenoxy) is 1. The van der Waals surface area contributed by atoms with Crippen molar-refractivity contribution in [1.29, 1.82) is 0 Å². The lowest BCUT2D eigenvalue weighted by Gasteiger charge is -2.09. The third-order valence-corrected chi connectivity index (χ3v) is 2.88. The summed E-state index contributed by atoms with van der Waals surface area (Å²) in [5, 5.41) is 15.8. The zero-order chi connectivity index (χ0) is 17.5. The van der Waals surface area contributed by atoms with E-state index in [-0.39, 0.29) is 18.2 Å². The molecule has 2 amide bonds. The second-order valence-electron chi connectivity index (χ2n) is 4.85. The Morgan fingerprint density at radius 2 is 1.71 bits per heavy atom. The second kappa shape index (κ2) is 7.73. The van der Waals surface area contributed by atoms with Crippen LogP contribution in [0.2, 0.25) is 0 Å². The summed E-state index contributed by atoms with van der Waals surface area (Å²) in [7, 11) is 0. The van der Waals surface area contributed by atoms with Crippen molar-refractivity contribution >= 4 is 28.9 Å². The first-order valence-electron chi connectivity index (χ1n) is 6.99. The van der Waals surface area contributed by atoms with Crippen molar-refractivity contribution in [3.8, 4) is 5.75 Å². The first-order valence-corrected chi connectivity index (χ1v) is 6.99. The summed E-state index contributed by atoms with van der Waals surface area (Å²) in [4.78, 5) is 32.9. The fourth-order valence-corrected chi connectivity index (χ4v) is 1.89. The van der Waals surface area contributed by atoms with E-state index in [1.54, 1.807) is 24.3 Å². The Kier molecular flexibility index (Phi) is 5.45. The SMILES string of the molecule is CC(=O)Nc1cccc(NC(=O)COc2ccc([N+](=O)[O-])cc2)c1. The molecule has 0 unspecified atom stereocenters. The van der Waals surface area contributed by atoms with Crippen molar-refractivity contribution in [2.75, 3.05) is 17.2 Å². The average Bonchev–Trinajstić information content (AvgIpc) is 2.53. The number of benzene rings is 2. The fourth-order valence-electron chi connectivity index (χ4n) is 1.89. The number of anilines is 2. The number of nitrogens with one attached hydrogen (secondary N) is 2. The van der Waals surface area contributed by atoms with Gasteiger partial charge in [0.15, 0.2) is 6.61 Å². The van der Waals surface area contributed by atoms with Crippen LogP contribution < -0.4 is 15.4 Å². The van der Waals surface area contributed by atoms with Crippen LogP contribution in [0.15, 0.2) is 48.5 Å². The third kappa shape index (κ3) is 5.09. The number of carbonyl (C=O) groups is 2. The van der Waals surface area contributed by atoms with E-state index >= 15 is 0 Å². The first-order chi connectivity index (χ1) is 11.4. The smallest absolute Gasteiger partial charge is 0.269 e. The summed E-state index contributed by atoms with van der Waals surface area (Å²) in [5.41, 5.74) is 1.02. The maximum Gasteiger partial charge on any atom is 0.269 e. The summed E-state index contributed by atoms with van der Waals surface area (Å²) < 4.78 is 5.27. The number of nitrogens with zero attached hydrogens (tertiary/aromatic N) is 1. The monoisotopic (exact) mass is 329 g/mol. The molecule has 0 bridgehead atoms. The molecule has 2 aromatic rings. The standard InChI is InChI=1S/C16H15N3O5/c1-11(20)17-12-3-2-4-13(9-12)18-16(21)10-24-15-7-5-14(6-8-15)19(22)23/h2-9H,10H2,1H3,(H,17,20)(H,18,21). The number of hydrogen-bond donors (Lipinski definition) is 2. The van der Waals surface area contributed by atoms with Gasteiger partial charge in [-0.05, 0) is 30.3 Å².